The van der Waals surface area contributed by atoms with E-state index in [1.165, 1.54) is 10.4 Å². The van der Waals surface area contributed by atoms with E-state index in [9.17, 15) is 5.26 Å². The van der Waals surface area contributed by atoms with Gasteiger partial charge in [0.25, 0.3) is 0 Å². The summed E-state index contributed by atoms with van der Waals surface area (Å²) in [6, 6.07) is 6.52. The van der Waals surface area contributed by atoms with Crippen LogP contribution in [0.3, 0.4) is 0 Å². The van der Waals surface area contributed by atoms with E-state index in [0.29, 0.717) is 17.9 Å². The third-order valence-electron chi connectivity index (χ3n) is 5.28. The largest absolute Gasteiger partial charge is 0.487 e. The molecular formula is C23H24I2N2OS. The van der Waals surface area contributed by atoms with Gasteiger partial charge in [0.1, 0.15) is 23.4 Å². The van der Waals surface area contributed by atoms with Gasteiger partial charge in [-0.25, -0.2) is 4.99 Å². The molecule has 1 aromatic carbocycles. The van der Waals surface area contributed by atoms with Crippen molar-refractivity contribution in [2.24, 2.45) is 16.3 Å². The summed E-state index contributed by atoms with van der Waals surface area (Å²) in [6.07, 6.45) is 6.79. The van der Waals surface area contributed by atoms with E-state index in [0.717, 1.165) is 48.3 Å². The number of benzene rings is 1. The highest BCUT2D eigenvalue weighted by molar-refractivity contribution is 14.1. The van der Waals surface area contributed by atoms with Gasteiger partial charge in [0.15, 0.2) is 0 Å². The molecule has 2 aromatic rings. The van der Waals surface area contributed by atoms with E-state index >= 15 is 0 Å². The maximum Gasteiger partial charge on any atom is 0.146 e. The summed E-state index contributed by atoms with van der Waals surface area (Å²) < 4.78 is 7.82. The lowest BCUT2D eigenvalue weighted by Crippen LogP contribution is -2.26. The molecule has 1 aliphatic carbocycles. The van der Waals surface area contributed by atoms with Gasteiger partial charge in [-0.2, -0.15) is 5.26 Å². The van der Waals surface area contributed by atoms with Gasteiger partial charge < -0.3 is 4.74 Å². The Hall–Kier alpha value is -0.920. The first kappa shape index (κ1) is 22.8. The highest BCUT2D eigenvalue weighted by Crippen LogP contribution is 2.44. The quantitative estimate of drug-likeness (QED) is 0.198. The second kappa shape index (κ2) is 9.48. The Morgan fingerprint density at radius 3 is 2.62 bits per heavy atom. The highest BCUT2D eigenvalue weighted by atomic mass is 127. The molecule has 0 spiro atoms. The fourth-order valence-electron chi connectivity index (χ4n) is 3.58. The molecule has 3 nitrogen and oxygen atoms in total. The van der Waals surface area contributed by atoms with Gasteiger partial charge in [0.2, 0.25) is 0 Å². The average molecular weight is 630 g/mol. The van der Waals surface area contributed by atoms with Crippen LogP contribution in [0.2, 0.25) is 0 Å². The predicted octanol–water partition coefficient (Wildman–Crippen LogP) is 7.30. The van der Waals surface area contributed by atoms with Crippen LogP contribution in [-0.4, -0.2) is 12.8 Å². The number of thiophene rings is 1. The van der Waals surface area contributed by atoms with Gasteiger partial charge in [0.05, 0.1) is 12.7 Å². The smallest absolute Gasteiger partial charge is 0.146 e. The van der Waals surface area contributed by atoms with Crippen molar-refractivity contribution in [3.05, 3.63) is 53.5 Å². The Morgan fingerprint density at radius 2 is 2.03 bits per heavy atom. The summed E-state index contributed by atoms with van der Waals surface area (Å²) in [5.41, 5.74) is 3.29. The lowest BCUT2D eigenvalue weighted by molar-refractivity contribution is 0.218. The molecule has 0 saturated carbocycles. The third-order valence-corrected chi connectivity index (χ3v) is 8.05. The zero-order chi connectivity index (χ0) is 21.2. The number of halogens is 2. The maximum absolute atomic E-state index is 9.75. The Morgan fingerprint density at radius 1 is 1.34 bits per heavy atom. The van der Waals surface area contributed by atoms with Crippen LogP contribution < -0.4 is 4.74 Å². The molecule has 0 unspecified atom stereocenters. The van der Waals surface area contributed by atoms with E-state index in [4.69, 9.17) is 9.73 Å². The molecule has 0 aliphatic heterocycles. The molecule has 0 bridgehead atoms. The normalized spacial score (nSPS) is 16.5. The second-order valence-electron chi connectivity index (χ2n) is 8.27. The Kier molecular flexibility index (Phi) is 7.44. The van der Waals surface area contributed by atoms with Gasteiger partial charge in [0, 0.05) is 11.1 Å². The van der Waals surface area contributed by atoms with Crippen molar-refractivity contribution >= 4 is 67.7 Å². The van der Waals surface area contributed by atoms with Crippen LogP contribution in [0.5, 0.6) is 5.75 Å². The number of fused-ring (bicyclic) bond motifs is 1. The lowest BCUT2D eigenvalue weighted by atomic mass is 9.72. The Labute approximate surface area is 204 Å². The molecule has 0 saturated heterocycles. The highest BCUT2D eigenvalue weighted by Gasteiger charge is 2.32. The van der Waals surface area contributed by atoms with Crippen LogP contribution in [0.1, 0.15) is 48.8 Å². The Bertz CT molecular complexity index is 973. The van der Waals surface area contributed by atoms with E-state index in [1.54, 1.807) is 17.4 Å². The molecule has 152 valence electrons. The van der Waals surface area contributed by atoms with Crippen LogP contribution in [0.4, 0.5) is 5.00 Å². The second-order valence-corrected chi connectivity index (χ2v) is 11.7. The predicted molar refractivity (Wildman–Crippen MR) is 139 cm³/mol. The molecule has 0 fully saturated rings. The molecule has 0 radical (unpaired) electrons. The fraction of sp³-hybridized carbons (Fsp3) is 0.391. The van der Waals surface area contributed by atoms with Crippen LogP contribution in [-0.2, 0) is 12.8 Å². The van der Waals surface area contributed by atoms with Crippen molar-refractivity contribution in [1.82, 2.24) is 0 Å². The maximum atomic E-state index is 9.75. The number of nitrogens with zero attached hydrogens (tertiary/aromatic N) is 2. The Balaban J connectivity index is 1.88. The summed E-state index contributed by atoms with van der Waals surface area (Å²) in [7, 11) is 0. The van der Waals surface area contributed by atoms with Crippen LogP contribution in [0, 0.1) is 29.8 Å². The number of hydrogen-bond acceptors (Lipinski definition) is 4. The van der Waals surface area contributed by atoms with Crippen molar-refractivity contribution in [3.8, 4) is 11.8 Å². The van der Waals surface area contributed by atoms with Gasteiger partial charge in [-0.1, -0.05) is 33.4 Å². The summed E-state index contributed by atoms with van der Waals surface area (Å²) in [6.45, 7) is 11.1. The zero-order valence-electron chi connectivity index (χ0n) is 16.9. The number of hydrogen-bond donors (Lipinski definition) is 0. The van der Waals surface area contributed by atoms with Crippen molar-refractivity contribution in [1.29, 1.82) is 5.26 Å². The van der Waals surface area contributed by atoms with E-state index in [-0.39, 0.29) is 0 Å². The standard InChI is InChI=1S/C23H24I2N2OS/c1-5-8-28-21-18(24)9-14(10-19(21)25)13-27-22-17(12-26)16-7-6-15(23(2,3)4)11-20(16)29-22/h5,9-10,13,15H,1,6-8,11H2,2-4H3/t15-/m0/s1. The van der Waals surface area contributed by atoms with Gasteiger partial charge >= 0.3 is 0 Å². The van der Waals surface area contributed by atoms with Gasteiger partial charge in [-0.05, 0) is 99.0 Å². The summed E-state index contributed by atoms with van der Waals surface area (Å²) in [5.74, 6) is 1.53. The molecule has 6 heteroatoms. The minimum absolute atomic E-state index is 0.292. The fourth-order valence-corrected chi connectivity index (χ4v) is 6.93. The monoisotopic (exact) mass is 630 g/mol. The van der Waals surface area contributed by atoms with Crippen molar-refractivity contribution < 1.29 is 4.74 Å². The average Bonchev–Trinajstić information content (AvgIpc) is 3.01. The zero-order valence-corrected chi connectivity index (χ0v) is 22.0. The number of rotatable bonds is 5. The molecule has 1 aromatic heterocycles. The van der Waals surface area contributed by atoms with Crippen molar-refractivity contribution in [2.75, 3.05) is 6.61 Å². The van der Waals surface area contributed by atoms with Crippen molar-refractivity contribution in [2.45, 2.75) is 40.0 Å². The molecule has 3 rings (SSSR count). The van der Waals surface area contributed by atoms with Gasteiger partial charge in [-0.3, -0.25) is 0 Å². The number of nitriles is 1. The SMILES string of the molecule is C=CCOc1c(I)cc(C=Nc2sc3c(c2C#N)CC[C@H](C(C)(C)C)C3)cc1I. The first-order valence-electron chi connectivity index (χ1n) is 9.56. The molecule has 1 heterocycles. The molecule has 1 atom stereocenters. The number of ether oxygens (including phenoxy) is 1. The van der Waals surface area contributed by atoms with Crippen molar-refractivity contribution in [3.63, 3.8) is 0 Å². The van der Waals surface area contributed by atoms with Crippen LogP contribution in [0.15, 0.2) is 29.8 Å². The molecule has 1 aliphatic rings. The number of aliphatic imine (C=N–C) groups is 1. The molecule has 0 N–H and O–H groups in total. The topological polar surface area (TPSA) is 45.4 Å². The third kappa shape index (κ3) is 5.23. The molecule has 0 amide bonds. The summed E-state index contributed by atoms with van der Waals surface area (Å²) in [4.78, 5) is 6.07. The van der Waals surface area contributed by atoms with Crippen LogP contribution in [0.25, 0.3) is 0 Å². The first-order chi connectivity index (χ1) is 13.7. The van der Waals surface area contributed by atoms with Gasteiger partial charge in [-0.15, -0.1) is 11.3 Å². The summed E-state index contributed by atoms with van der Waals surface area (Å²) >= 11 is 6.26. The summed E-state index contributed by atoms with van der Waals surface area (Å²) in [5, 5.41) is 10.6. The van der Waals surface area contributed by atoms with E-state index in [1.807, 2.05) is 6.21 Å². The first-order valence-corrected chi connectivity index (χ1v) is 12.5. The van der Waals surface area contributed by atoms with Crippen LogP contribution >= 0.6 is 56.5 Å². The van der Waals surface area contributed by atoms with E-state index < -0.39 is 0 Å². The minimum Gasteiger partial charge on any atom is -0.487 e. The minimum atomic E-state index is 0.292. The molecule has 29 heavy (non-hydrogen) atoms. The lowest BCUT2D eigenvalue weighted by Gasteiger charge is -2.33. The van der Waals surface area contributed by atoms with E-state index in [2.05, 4.69) is 90.7 Å². The molecular weight excluding hydrogens is 606 g/mol.